The number of para-hydroxylation sites is 2. The first kappa shape index (κ1) is 16.0. The average Bonchev–Trinajstić information content (AvgIpc) is 2.55. The van der Waals surface area contributed by atoms with Gasteiger partial charge < -0.3 is 14.2 Å². The Morgan fingerprint density at radius 1 is 1.04 bits per heavy atom. The van der Waals surface area contributed by atoms with Crippen molar-refractivity contribution in [2.75, 3.05) is 19.8 Å². The van der Waals surface area contributed by atoms with Crippen molar-refractivity contribution in [1.82, 2.24) is 0 Å². The molecule has 1 aliphatic heterocycles. The van der Waals surface area contributed by atoms with E-state index in [2.05, 4.69) is 19.9 Å². The van der Waals surface area contributed by atoms with E-state index in [1.54, 1.807) is 0 Å². The van der Waals surface area contributed by atoms with Gasteiger partial charge in [-0.25, -0.2) is 0 Å². The fourth-order valence-electron chi connectivity index (χ4n) is 2.70. The van der Waals surface area contributed by atoms with Crippen molar-refractivity contribution in [3.63, 3.8) is 0 Å². The maximum absolute atomic E-state index is 6.14. The lowest BCUT2D eigenvalue weighted by molar-refractivity contribution is -0.159. The van der Waals surface area contributed by atoms with Crippen LogP contribution in [0.5, 0.6) is 11.5 Å². The summed E-state index contributed by atoms with van der Waals surface area (Å²) in [6.07, 6.45) is 1.07. The van der Waals surface area contributed by atoms with Crippen LogP contribution in [-0.4, -0.2) is 19.8 Å². The largest absolute Gasteiger partial charge is 0.457 e. The second kappa shape index (κ2) is 7.16. The fraction of sp³-hybridized carbons (Fsp3) is 0.400. The topological polar surface area (TPSA) is 27.7 Å². The molecule has 1 aliphatic rings. The highest BCUT2D eigenvalue weighted by Gasteiger charge is 2.37. The summed E-state index contributed by atoms with van der Waals surface area (Å²) in [6, 6.07) is 17.9. The molecule has 2 aromatic rings. The summed E-state index contributed by atoms with van der Waals surface area (Å²) in [5.41, 5.74) is 1.27. The van der Waals surface area contributed by atoms with Gasteiger partial charge >= 0.3 is 0 Å². The number of rotatable bonds is 7. The van der Waals surface area contributed by atoms with E-state index in [0.717, 1.165) is 43.3 Å². The zero-order valence-electron chi connectivity index (χ0n) is 13.8. The van der Waals surface area contributed by atoms with Crippen LogP contribution < -0.4 is 4.74 Å². The summed E-state index contributed by atoms with van der Waals surface area (Å²) in [5, 5.41) is 0. The standard InChI is InChI=1S/C20H24O3/c1-3-20(13-21-14-20)15-22-16(2)18-11-7-8-12-19(18)23-17-9-5-4-6-10-17/h4-12,16H,3,13-15H2,1-2H3. The zero-order valence-corrected chi connectivity index (χ0v) is 13.8. The Morgan fingerprint density at radius 2 is 1.74 bits per heavy atom. The van der Waals surface area contributed by atoms with Gasteiger partial charge in [-0.2, -0.15) is 0 Å². The third-order valence-corrected chi connectivity index (χ3v) is 4.53. The molecule has 0 amide bonds. The molecule has 0 bridgehead atoms. The molecule has 1 unspecified atom stereocenters. The minimum atomic E-state index is -0.0149. The smallest absolute Gasteiger partial charge is 0.133 e. The molecule has 0 N–H and O–H groups in total. The summed E-state index contributed by atoms with van der Waals surface area (Å²) >= 11 is 0. The van der Waals surface area contributed by atoms with Crippen LogP contribution in [0.4, 0.5) is 0 Å². The molecule has 0 aromatic heterocycles. The molecule has 0 spiro atoms. The van der Waals surface area contributed by atoms with E-state index in [0.29, 0.717) is 0 Å². The summed E-state index contributed by atoms with van der Waals surface area (Å²) in [4.78, 5) is 0. The number of hydrogen-bond acceptors (Lipinski definition) is 3. The van der Waals surface area contributed by atoms with Crippen LogP contribution in [0, 0.1) is 5.41 Å². The molecule has 2 aromatic carbocycles. The van der Waals surface area contributed by atoms with E-state index in [1.807, 2.05) is 48.5 Å². The fourth-order valence-corrected chi connectivity index (χ4v) is 2.70. The lowest BCUT2D eigenvalue weighted by Gasteiger charge is -2.41. The molecule has 0 saturated carbocycles. The monoisotopic (exact) mass is 312 g/mol. The Labute approximate surface area is 138 Å². The van der Waals surface area contributed by atoms with Gasteiger partial charge in [-0.3, -0.25) is 0 Å². The van der Waals surface area contributed by atoms with E-state index < -0.39 is 0 Å². The third kappa shape index (κ3) is 3.74. The summed E-state index contributed by atoms with van der Waals surface area (Å²) in [5.74, 6) is 1.69. The van der Waals surface area contributed by atoms with Crippen LogP contribution in [0.3, 0.4) is 0 Å². The maximum Gasteiger partial charge on any atom is 0.133 e. The summed E-state index contributed by atoms with van der Waals surface area (Å²) in [6.45, 7) is 6.61. The zero-order chi connectivity index (χ0) is 16.1. The summed E-state index contributed by atoms with van der Waals surface area (Å²) in [7, 11) is 0. The highest BCUT2D eigenvalue weighted by molar-refractivity contribution is 5.38. The molecular weight excluding hydrogens is 288 g/mol. The van der Waals surface area contributed by atoms with Crippen molar-refractivity contribution in [3.05, 3.63) is 60.2 Å². The van der Waals surface area contributed by atoms with Gasteiger partial charge in [0.25, 0.3) is 0 Å². The molecule has 23 heavy (non-hydrogen) atoms. The first-order valence-electron chi connectivity index (χ1n) is 8.24. The Hall–Kier alpha value is -1.84. The van der Waals surface area contributed by atoms with Gasteiger partial charge in [0.15, 0.2) is 0 Å². The Balaban J connectivity index is 1.69. The van der Waals surface area contributed by atoms with Crippen LogP contribution in [0.15, 0.2) is 54.6 Å². The van der Waals surface area contributed by atoms with Gasteiger partial charge in [-0.15, -0.1) is 0 Å². The molecular formula is C20H24O3. The molecule has 1 atom stereocenters. The number of hydrogen-bond donors (Lipinski definition) is 0. The van der Waals surface area contributed by atoms with Crippen molar-refractivity contribution in [2.24, 2.45) is 5.41 Å². The summed E-state index contributed by atoms with van der Waals surface area (Å²) < 4.78 is 17.5. The Bertz CT molecular complexity index is 614. The average molecular weight is 312 g/mol. The normalized spacial score (nSPS) is 17.3. The van der Waals surface area contributed by atoms with Crippen LogP contribution in [0.2, 0.25) is 0 Å². The van der Waals surface area contributed by atoms with Crippen molar-refractivity contribution in [2.45, 2.75) is 26.4 Å². The van der Waals surface area contributed by atoms with Gasteiger partial charge in [-0.05, 0) is 31.5 Å². The Morgan fingerprint density at radius 3 is 2.39 bits per heavy atom. The van der Waals surface area contributed by atoms with Gasteiger partial charge in [0.05, 0.1) is 25.9 Å². The second-order valence-electron chi connectivity index (χ2n) is 6.25. The lowest BCUT2D eigenvalue weighted by Crippen LogP contribution is -2.45. The van der Waals surface area contributed by atoms with Crippen LogP contribution >= 0.6 is 0 Å². The first-order valence-corrected chi connectivity index (χ1v) is 8.24. The van der Waals surface area contributed by atoms with E-state index >= 15 is 0 Å². The van der Waals surface area contributed by atoms with Crippen molar-refractivity contribution < 1.29 is 14.2 Å². The van der Waals surface area contributed by atoms with E-state index in [4.69, 9.17) is 14.2 Å². The van der Waals surface area contributed by atoms with E-state index in [-0.39, 0.29) is 11.5 Å². The second-order valence-corrected chi connectivity index (χ2v) is 6.25. The molecule has 0 aliphatic carbocycles. The number of benzene rings is 2. The van der Waals surface area contributed by atoms with Gasteiger partial charge in [0.1, 0.15) is 11.5 Å². The maximum atomic E-state index is 6.14. The quantitative estimate of drug-likeness (QED) is 0.721. The van der Waals surface area contributed by atoms with E-state index in [1.165, 1.54) is 0 Å². The molecule has 0 radical (unpaired) electrons. The highest BCUT2D eigenvalue weighted by atomic mass is 16.5. The van der Waals surface area contributed by atoms with Crippen LogP contribution in [0.25, 0.3) is 0 Å². The lowest BCUT2D eigenvalue weighted by atomic mass is 9.84. The van der Waals surface area contributed by atoms with Crippen molar-refractivity contribution in [3.8, 4) is 11.5 Å². The molecule has 1 fully saturated rings. The van der Waals surface area contributed by atoms with Gasteiger partial charge in [0, 0.05) is 11.0 Å². The number of ether oxygens (including phenoxy) is 3. The molecule has 1 heterocycles. The predicted octanol–water partition coefficient (Wildman–Crippen LogP) is 4.98. The minimum absolute atomic E-state index is 0.0149. The SMILES string of the molecule is CCC1(COC(C)c2ccccc2Oc2ccccc2)COC1. The Kier molecular flexibility index (Phi) is 4.99. The molecule has 1 saturated heterocycles. The third-order valence-electron chi connectivity index (χ3n) is 4.53. The van der Waals surface area contributed by atoms with Crippen LogP contribution in [-0.2, 0) is 9.47 Å². The molecule has 3 rings (SSSR count). The van der Waals surface area contributed by atoms with Crippen molar-refractivity contribution >= 4 is 0 Å². The van der Waals surface area contributed by atoms with Crippen molar-refractivity contribution in [1.29, 1.82) is 0 Å². The van der Waals surface area contributed by atoms with Gasteiger partial charge in [-0.1, -0.05) is 43.3 Å². The first-order chi connectivity index (χ1) is 11.2. The van der Waals surface area contributed by atoms with Crippen LogP contribution in [0.1, 0.15) is 31.9 Å². The molecule has 3 nitrogen and oxygen atoms in total. The molecule has 122 valence electrons. The van der Waals surface area contributed by atoms with Gasteiger partial charge in [0.2, 0.25) is 0 Å². The predicted molar refractivity (Wildman–Crippen MR) is 90.9 cm³/mol. The highest BCUT2D eigenvalue weighted by Crippen LogP contribution is 2.35. The molecule has 3 heteroatoms. The minimum Gasteiger partial charge on any atom is -0.457 e. The van der Waals surface area contributed by atoms with E-state index in [9.17, 15) is 0 Å².